The van der Waals surface area contributed by atoms with Crippen molar-refractivity contribution >= 4 is 34.4 Å². The minimum Gasteiger partial charge on any atom is -1.00 e. The smallest absolute Gasteiger partial charge is 1.00 e. The Kier molecular flexibility index (Phi) is 12.4. The molecule has 3 nitrogen and oxygen atoms in total. The Hall–Kier alpha value is -1.69. The average Bonchev–Trinajstić information content (AvgIpc) is 2.67. The van der Waals surface area contributed by atoms with Crippen molar-refractivity contribution < 1.29 is 41.6 Å². The van der Waals surface area contributed by atoms with Gasteiger partial charge in [0.2, 0.25) is 0 Å². The van der Waals surface area contributed by atoms with E-state index < -0.39 is 0 Å². The first-order valence-corrected chi connectivity index (χ1v) is 10.1. The quantitative estimate of drug-likeness (QED) is 0.466. The van der Waals surface area contributed by atoms with Crippen molar-refractivity contribution in [3.05, 3.63) is 87.2 Å². The van der Waals surface area contributed by atoms with Crippen LogP contribution in [0.5, 0.6) is 0 Å². The number of aromatic nitrogens is 1. The van der Waals surface area contributed by atoms with E-state index in [9.17, 15) is 0 Å². The van der Waals surface area contributed by atoms with E-state index in [2.05, 4.69) is 52.0 Å². The molecular weight excluding hydrogens is 508 g/mol. The third-order valence-corrected chi connectivity index (χ3v) is 5.19. The number of hydrogen-bond acceptors (Lipinski definition) is 3. The van der Waals surface area contributed by atoms with Crippen LogP contribution in [-0.4, -0.2) is 16.4 Å². The molecule has 3 rings (SSSR count). The van der Waals surface area contributed by atoms with Crippen LogP contribution in [0.2, 0.25) is 5.02 Å². The summed E-state index contributed by atoms with van der Waals surface area (Å²) in [6.45, 7) is 12.2. The molecule has 1 heterocycles. The van der Waals surface area contributed by atoms with Gasteiger partial charge in [0.1, 0.15) is 0 Å². The van der Waals surface area contributed by atoms with E-state index in [1.54, 1.807) is 0 Å². The molecule has 1 radical (unpaired) electrons. The second-order valence-electron chi connectivity index (χ2n) is 7.43. The van der Waals surface area contributed by atoms with Gasteiger partial charge in [-0.15, -0.1) is 0 Å². The summed E-state index contributed by atoms with van der Waals surface area (Å²) in [6, 6.07) is 16.1. The standard InChI is InChI=1S/C25H26ClN3.2ClH.Co/c1-15-9-7-10-16(2)24(15)27-19(5)22-13-21(26)14-23(29-22)20(6)28-25-17(3)11-8-12-18(25)4;;;/h7-14H,1-6H3;2*1H;/q;;;+2/p-2. The van der Waals surface area contributed by atoms with Crippen molar-refractivity contribution in [2.75, 3.05) is 0 Å². The van der Waals surface area contributed by atoms with Gasteiger partial charge in [0.05, 0.1) is 34.2 Å². The van der Waals surface area contributed by atoms with Gasteiger partial charge in [-0.1, -0.05) is 48.0 Å². The minimum absolute atomic E-state index is 0. The summed E-state index contributed by atoms with van der Waals surface area (Å²) in [7, 11) is 0. The molecule has 2 aromatic carbocycles. The maximum Gasteiger partial charge on any atom is 2.00 e. The monoisotopic (exact) mass is 532 g/mol. The Morgan fingerprint density at radius 1 is 0.688 bits per heavy atom. The van der Waals surface area contributed by atoms with E-state index in [1.165, 1.54) is 0 Å². The Labute approximate surface area is 218 Å². The van der Waals surface area contributed by atoms with Crippen LogP contribution in [0.1, 0.15) is 47.5 Å². The zero-order chi connectivity index (χ0) is 21.1. The molecule has 0 amide bonds. The molecule has 1 aromatic heterocycles. The van der Waals surface area contributed by atoms with Crippen LogP contribution in [0.25, 0.3) is 0 Å². The van der Waals surface area contributed by atoms with Gasteiger partial charge < -0.3 is 24.8 Å². The number of aryl methyl sites for hydroxylation is 4. The summed E-state index contributed by atoms with van der Waals surface area (Å²) in [5.41, 5.74) is 9.68. The SMILES string of the molecule is CC(=Nc1c(C)cccc1C)c1cc(Cl)cc(C(C)=Nc2c(C)cccc2C)n1.[Cl-].[Cl-].[Co+2]. The third kappa shape index (κ3) is 7.16. The first-order chi connectivity index (χ1) is 13.8. The summed E-state index contributed by atoms with van der Waals surface area (Å²) in [6.07, 6.45) is 0. The maximum atomic E-state index is 6.42. The van der Waals surface area contributed by atoms with Gasteiger partial charge in [-0.2, -0.15) is 0 Å². The van der Waals surface area contributed by atoms with E-state index in [4.69, 9.17) is 26.6 Å². The molecule has 3 aromatic rings. The fraction of sp³-hybridized carbons (Fsp3) is 0.240. The topological polar surface area (TPSA) is 37.6 Å². The minimum atomic E-state index is 0. The fourth-order valence-corrected chi connectivity index (χ4v) is 3.49. The Bertz CT molecular complexity index is 1020. The van der Waals surface area contributed by atoms with Gasteiger partial charge in [-0.3, -0.25) is 9.98 Å². The predicted molar refractivity (Wildman–Crippen MR) is 125 cm³/mol. The first kappa shape index (κ1) is 30.3. The second-order valence-corrected chi connectivity index (χ2v) is 7.87. The Morgan fingerprint density at radius 3 is 1.31 bits per heavy atom. The normalized spacial score (nSPS) is 11.2. The molecule has 0 aliphatic heterocycles. The van der Waals surface area contributed by atoms with Crippen LogP contribution in [0.3, 0.4) is 0 Å². The summed E-state index contributed by atoms with van der Waals surface area (Å²) in [5, 5.41) is 0.622. The molecular formula is C25H26Cl3CoN3. The number of hydrogen-bond donors (Lipinski definition) is 0. The van der Waals surface area contributed by atoms with Gasteiger partial charge in [-0.25, -0.2) is 4.98 Å². The zero-order valence-corrected chi connectivity index (χ0v) is 22.2. The van der Waals surface area contributed by atoms with Gasteiger partial charge in [0.25, 0.3) is 0 Å². The van der Waals surface area contributed by atoms with Crippen LogP contribution in [0, 0.1) is 27.7 Å². The third-order valence-electron chi connectivity index (χ3n) is 4.97. The molecule has 0 bridgehead atoms. The van der Waals surface area contributed by atoms with E-state index in [1.807, 2.05) is 38.1 Å². The number of nitrogens with zero attached hydrogens (tertiary/aromatic N) is 3. The van der Waals surface area contributed by atoms with Crippen LogP contribution in [0.15, 0.2) is 58.5 Å². The van der Waals surface area contributed by atoms with Crippen LogP contribution >= 0.6 is 11.6 Å². The zero-order valence-electron chi connectivity index (χ0n) is 18.9. The van der Waals surface area contributed by atoms with E-state index >= 15 is 0 Å². The van der Waals surface area contributed by atoms with Crippen molar-refractivity contribution in [3.63, 3.8) is 0 Å². The van der Waals surface area contributed by atoms with E-state index in [-0.39, 0.29) is 41.6 Å². The molecule has 0 saturated heterocycles. The van der Waals surface area contributed by atoms with Gasteiger partial charge in [0.15, 0.2) is 0 Å². The number of rotatable bonds is 4. The molecule has 0 spiro atoms. The summed E-state index contributed by atoms with van der Waals surface area (Å²) >= 11 is 6.42. The van der Waals surface area contributed by atoms with Crippen LogP contribution < -0.4 is 24.8 Å². The number of pyridine rings is 1. The van der Waals surface area contributed by atoms with Crippen molar-refractivity contribution in [2.24, 2.45) is 9.98 Å². The summed E-state index contributed by atoms with van der Waals surface area (Å²) < 4.78 is 0. The molecule has 0 N–H and O–H groups in total. The number of aliphatic imine (C=N–C) groups is 2. The van der Waals surface area contributed by atoms with Gasteiger partial charge >= 0.3 is 16.8 Å². The molecule has 0 saturated carbocycles. The molecule has 7 heteroatoms. The number of benzene rings is 2. The molecule has 0 atom stereocenters. The summed E-state index contributed by atoms with van der Waals surface area (Å²) in [5.74, 6) is 0. The molecule has 0 aliphatic carbocycles. The molecule has 0 unspecified atom stereocenters. The number of halogens is 3. The Morgan fingerprint density at radius 2 is 1.00 bits per heavy atom. The van der Waals surface area contributed by atoms with Crippen molar-refractivity contribution in [1.82, 2.24) is 4.98 Å². The van der Waals surface area contributed by atoms with Gasteiger partial charge in [-0.05, 0) is 75.9 Å². The fourth-order valence-electron chi connectivity index (χ4n) is 3.28. The van der Waals surface area contributed by atoms with E-state index in [0.29, 0.717) is 5.02 Å². The van der Waals surface area contributed by atoms with Gasteiger partial charge in [0, 0.05) is 5.02 Å². The van der Waals surface area contributed by atoms with Crippen LogP contribution in [0.4, 0.5) is 11.4 Å². The van der Waals surface area contributed by atoms with Crippen molar-refractivity contribution in [3.8, 4) is 0 Å². The Balaban J connectivity index is 0.00000320. The second kappa shape index (κ2) is 13.1. The van der Waals surface area contributed by atoms with Crippen molar-refractivity contribution in [1.29, 1.82) is 0 Å². The first-order valence-electron chi connectivity index (χ1n) is 9.67. The van der Waals surface area contributed by atoms with E-state index in [0.717, 1.165) is 56.4 Å². The number of para-hydroxylation sites is 2. The molecule has 0 aliphatic rings. The molecule has 171 valence electrons. The summed E-state index contributed by atoms with van der Waals surface area (Å²) in [4.78, 5) is 14.5. The average molecular weight is 534 g/mol. The molecule has 0 fully saturated rings. The van der Waals surface area contributed by atoms with Crippen molar-refractivity contribution in [2.45, 2.75) is 41.5 Å². The maximum absolute atomic E-state index is 6.42. The van der Waals surface area contributed by atoms with Crippen LogP contribution in [-0.2, 0) is 16.8 Å². The predicted octanol–water partition coefficient (Wildman–Crippen LogP) is 1.26. The largest absolute Gasteiger partial charge is 2.00 e. The molecule has 32 heavy (non-hydrogen) atoms.